The fourth-order valence-electron chi connectivity index (χ4n) is 1.22. The molecule has 0 spiro atoms. The van der Waals surface area contributed by atoms with E-state index in [1.54, 1.807) is 0 Å². The molecule has 1 aromatic carbocycles. The van der Waals surface area contributed by atoms with Crippen LogP contribution in [0.3, 0.4) is 0 Å². The molecule has 0 saturated heterocycles. The number of hydrogen-bond donors (Lipinski definition) is 1. The van der Waals surface area contributed by atoms with Crippen LogP contribution in [0, 0.1) is 17.5 Å². The van der Waals surface area contributed by atoms with Crippen LogP contribution in [0.5, 0.6) is 0 Å². The van der Waals surface area contributed by atoms with Crippen molar-refractivity contribution in [1.29, 1.82) is 0 Å². The third kappa shape index (κ3) is 2.84. The average Bonchev–Trinajstić information content (AvgIpc) is 2.79. The van der Waals surface area contributed by atoms with E-state index in [1.807, 2.05) is 0 Å². The zero-order valence-electron chi connectivity index (χ0n) is 9.05. The number of thioether (sulfide) groups is 1. The van der Waals surface area contributed by atoms with Gasteiger partial charge in [-0.15, -0.1) is 5.10 Å². The van der Waals surface area contributed by atoms with Gasteiger partial charge in [-0.1, -0.05) is 11.8 Å². The number of hydrogen-bond acceptors (Lipinski definition) is 5. The summed E-state index contributed by atoms with van der Waals surface area (Å²) < 4.78 is 40.2. The highest BCUT2D eigenvalue weighted by molar-refractivity contribution is 7.99. The summed E-state index contributed by atoms with van der Waals surface area (Å²) in [6.45, 7) is 0. The summed E-state index contributed by atoms with van der Waals surface area (Å²) in [4.78, 5) is 10.4. The van der Waals surface area contributed by atoms with Gasteiger partial charge in [-0.05, 0) is 10.4 Å². The molecule has 0 bridgehead atoms. The van der Waals surface area contributed by atoms with Crippen LogP contribution in [0.1, 0.15) is 0 Å². The van der Waals surface area contributed by atoms with E-state index in [1.165, 1.54) is 0 Å². The minimum Gasteiger partial charge on any atom is -0.481 e. The molecule has 0 radical (unpaired) electrons. The maximum Gasteiger partial charge on any atom is 0.313 e. The third-order valence-electron chi connectivity index (χ3n) is 1.98. The Kier molecular flexibility index (Phi) is 3.69. The Hall–Kier alpha value is -2.10. The Morgan fingerprint density at radius 3 is 2.63 bits per heavy atom. The predicted octanol–water partition coefficient (Wildman–Crippen LogP) is 1.26. The van der Waals surface area contributed by atoms with Crippen molar-refractivity contribution in [2.24, 2.45) is 0 Å². The van der Waals surface area contributed by atoms with Crippen LogP contribution in [-0.2, 0) is 4.79 Å². The number of tetrazole rings is 1. The molecule has 1 aromatic heterocycles. The van der Waals surface area contributed by atoms with Crippen molar-refractivity contribution in [1.82, 2.24) is 20.2 Å². The van der Waals surface area contributed by atoms with Gasteiger partial charge in [0, 0.05) is 12.1 Å². The van der Waals surface area contributed by atoms with Crippen molar-refractivity contribution in [2.75, 3.05) is 5.75 Å². The molecule has 100 valence electrons. The second-order valence-corrected chi connectivity index (χ2v) is 4.22. The Bertz CT molecular complexity index is 634. The molecule has 0 amide bonds. The second kappa shape index (κ2) is 5.26. The Morgan fingerprint density at radius 2 is 1.95 bits per heavy atom. The van der Waals surface area contributed by atoms with Gasteiger partial charge in [-0.2, -0.15) is 4.68 Å². The number of carboxylic acids is 1. The highest BCUT2D eigenvalue weighted by Crippen LogP contribution is 2.22. The average molecular weight is 290 g/mol. The molecule has 0 aliphatic carbocycles. The minimum atomic E-state index is -1.34. The third-order valence-corrected chi connectivity index (χ3v) is 2.89. The summed E-state index contributed by atoms with van der Waals surface area (Å²) in [6.07, 6.45) is 0. The van der Waals surface area contributed by atoms with Gasteiger partial charge in [0.1, 0.15) is 5.69 Å². The second-order valence-electron chi connectivity index (χ2n) is 3.27. The summed E-state index contributed by atoms with van der Waals surface area (Å²) in [5.74, 6) is -5.14. The number of carbonyl (C=O) groups is 1. The quantitative estimate of drug-likeness (QED) is 0.674. The molecular weight excluding hydrogens is 285 g/mol. The van der Waals surface area contributed by atoms with E-state index in [0.29, 0.717) is 12.1 Å². The van der Waals surface area contributed by atoms with E-state index >= 15 is 0 Å². The Labute approximate surface area is 108 Å². The smallest absolute Gasteiger partial charge is 0.313 e. The molecule has 19 heavy (non-hydrogen) atoms. The van der Waals surface area contributed by atoms with Gasteiger partial charge < -0.3 is 5.11 Å². The molecular formula is C9H5F3N4O2S. The maximum atomic E-state index is 13.5. The Morgan fingerprint density at radius 1 is 1.26 bits per heavy atom. The van der Waals surface area contributed by atoms with E-state index in [2.05, 4.69) is 15.5 Å². The monoisotopic (exact) mass is 290 g/mol. The largest absolute Gasteiger partial charge is 0.481 e. The van der Waals surface area contributed by atoms with Crippen molar-refractivity contribution >= 4 is 17.7 Å². The van der Waals surface area contributed by atoms with E-state index in [-0.39, 0.29) is 10.9 Å². The first-order chi connectivity index (χ1) is 8.99. The van der Waals surface area contributed by atoms with Crippen molar-refractivity contribution in [3.63, 3.8) is 0 Å². The number of aliphatic carboxylic acids is 1. The number of rotatable bonds is 4. The van der Waals surface area contributed by atoms with Crippen LogP contribution >= 0.6 is 11.8 Å². The van der Waals surface area contributed by atoms with Crippen LogP contribution < -0.4 is 0 Å². The molecule has 0 saturated carbocycles. The lowest BCUT2D eigenvalue weighted by Gasteiger charge is -2.05. The van der Waals surface area contributed by atoms with Gasteiger partial charge in [0.05, 0.1) is 5.75 Å². The molecule has 6 nitrogen and oxygen atoms in total. The van der Waals surface area contributed by atoms with Crippen molar-refractivity contribution in [3.8, 4) is 5.69 Å². The zero-order valence-corrected chi connectivity index (χ0v) is 9.86. The standard InChI is InChI=1S/C9H5F3N4O2S/c10-4-1-6(12)7(2-5(4)11)16-9(13-14-15-16)19-3-8(17)18/h1-2H,3H2,(H,17,18). The van der Waals surface area contributed by atoms with Gasteiger partial charge in [0.15, 0.2) is 17.5 Å². The van der Waals surface area contributed by atoms with Gasteiger partial charge in [-0.25, -0.2) is 13.2 Å². The highest BCUT2D eigenvalue weighted by Gasteiger charge is 2.17. The molecule has 0 unspecified atom stereocenters. The van der Waals surface area contributed by atoms with Crippen molar-refractivity contribution in [2.45, 2.75) is 5.16 Å². The van der Waals surface area contributed by atoms with Gasteiger partial charge in [0.25, 0.3) is 0 Å². The molecule has 2 aromatic rings. The number of nitrogens with zero attached hydrogens (tertiary/aromatic N) is 4. The highest BCUT2D eigenvalue weighted by atomic mass is 32.2. The van der Waals surface area contributed by atoms with Crippen LogP contribution in [0.15, 0.2) is 17.3 Å². The first-order valence-corrected chi connectivity index (χ1v) is 5.75. The van der Waals surface area contributed by atoms with E-state index in [0.717, 1.165) is 16.4 Å². The van der Waals surface area contributed by atoms with Crippen LogP contribution in [0.25, 0.3) is 5.69 Å². The molecule has 0 aliphatic heterocycles. The summed E-state index contributed by atoms with van der Waals surface area (Å²) in [5, 5.41) is 18.6. The molecule has 10 heteroatoms. The first-order valence-electron chi connectivity index (χ1n) is 4.77. The lowest BCUT2D eigenvalue weighted by Crippen LogP contribution is -2.06. The fraction of sp³-hybridized carbons (Fsp3) is 0.111. The lowest BCUT2D eigenvalue weighted by molar-refractivity contribution is -0.133. The van der Waals surface area contributed by atoms with Crippen molar-refractivity contribution < 1.29 is 23.1 Å². The Balaban J connectivity index is 2.40. The molecule has 1 N–H and O–H groups in total. The van der Waals surface area contributed by atoms with Crippen LogP contribution in [-0.4, -0.2) is 37.0 Å². The number of halogens is 3. The van der Waals surface area contributed by atoms with Gasteiger partial charge >= 0.3 is 5.97 Å². The normalized spacial score (nSPS) is 10.7. The lowest BCUT2D eigenvalue weighted by atomic mass is 10.3. The molecule has 1 heterocycles. The predicted molar refractivity (Wildman–Crippen MR) is 57.4 cm³/mol. The minimum absolute atomic E-state index is 0.0488. The topological polar surface area (TPSA) is 80.9 Å². The molecule has 0 aliphatic rings. The molecule has 0 fully saturated rings. The van der Waals surface area contributed by atoms with E-state index in [9.17, 15) is 18.0 Å². The SMILES string of the molecule is O=C(O)CSc1nnnn1-c1cc(F)c(F)cc1F. The summed E-state index contributed by atoms with van der Waals surface area (Å²) in [7, 11) is 0. The van der Waals surface area contributed by atoms with Gasteiger partial charge in [-0.3, -0.25) is 4.79 Å². The van der Waals surface area contributed by atoms with Gasteiger partial charge in [0.2, 0.25) is 5.16 Å². The van der Waals surface area contributed by atoms with E-state index in [4.69, 9.17) is 5.11 Å². The van der Waals surface area contributed by atoms with Crippen molar-refractivity contribution in [3.05, 3.63) is 29.6 Å². The number of benzene rings is 1. The van der Waals surface area contributed by atoms with Crippen LogP contribution in [0.4, 0.5) is 13.2 Å². The van der Waals surface area contributed by atoms with E-state index < -0.39 is 29.1 Å². The summed E-state index contributed by atoms with van der Waals surface area (Å²) in [5.41, 5.74) is -0.406. The number of carboxylic acid groups (broad SMARTS) is 1. The zero-order chi connectivity index (χ0) is 14.0. The number of aromatic nitrogens is 4. The summed E-state index contributed by atoms with van der Waals surface area (Å²) >= 11 is 0.720. The molecule has 2 rings (SSSR count). The fourth-order valence-corrected chi connectivity index (χ4v) is 1.82. The van der Waals surface area contributed by atoms with Crippen LogP contribution in [0.2, 0.25) is 0 Å². The molecule has 0 atom stereocenters. The first kappa shape index (κ1) is 13.3. The maximum absolute atomic E-state index is 13.5. The summed E-state index contributed by atoms with van der Waals surface area (Å²) in [6, 6.07) is 0.948.